The Balaban J connectivity index is 2.10. The molecule has 0 heterocycles. The minimum atomic E-state index is 0.0421. The highest BCUT2D eigenvalue weighted by molar-refractivity contribution is 6.10. The first-order valence-corrected chi connectivity index (χ1v) is 10.5. The summed E-state index contributed by atoms with van der Waals surface area (Å²) in [5.74, 6) is 0.336. The van der Waals surface area contributed by atoms with Gasteiger partial charge in [0.1, 0.15) is 0 Å². The zero-order valence-electron chi connectivity index (χ0n) is 18.7. The summed E-state index contributed by atoms with van der Waals surface area (Å²) in [4.78, 5) is 13.3. The number of carbonyl (C=O) groups excluding carboxylic acids is 1. The van der Waals surface area contributed by atoms with Crippen LogP contribution in [-0.4, -0.2) is 5.78 Å². The number of fused-ring (bicyclic) bond motifs is 1. The lowest BCUT2D eigenvalue weighted by Gasteiger charge is -2.21. The monoisotopic (exact) mass is 382 g/mol. The van der Waals surface area contributed by atoms with Gasteiger partial charge < -0.3 is 0 Å². The average molecular weight is 383 g/mol. The zero-order valence-corrected chi connectivity index (χ0v) is 18.7. The Kier molecular flexibility index (Phi) is 4.73. The minimum Gasteiger partial charge on any atom is -0.294 e. The molecule has 0 saturated heterocycles. The number of ketones is 1. The van der Waals surface area contributed by atoms with Crippen LogP contribution in [0.3, 0.4) is 0 Å². The smallest absolute Gasteiger partial charge is 0.166 e. The predicted octanol–water partition coefficient (Wildman–Crippen LogP) is 7.25. The second kappa shape index (κ2) is 6.99. The molecule has 3 aromatic carbocycles. The van der Waals surface area contributed by atoms with Gasteiger partial charge in [-0.05, 0) is 86.9 Å². The zero-order chi connectivity index (χ0) is 21.0. The van der Waals surface area contributed by atoms with Crippen LogP contribution in [0.4, 0.5) is 0 Å². The van der Waals surface area contributed by atoms with Gasteiger partial charge in [-0.2, -0.15) is 0 Å². The van der Waals surface area contributed by atoms with Gasteiger partial charge in [-0.3, -0.25) is 4.79 Å². The molecule has 0 aromatic heterocycles. The third-order valence-corrected chi connectivity index (χ3v) is 6.39. The number of hydrogen-bond donors (Lipinski definition) is 0. The van der Waals surface area contributed by atoms with Crippen LogP contribution in [0, 0.1) is 47.5 Å². The summed E-state index contributed by atoms with van der Waals surface area (Å²) in [6.07, 6.45) is 0.829. The minimum absolute atomic E-state index is 0.0421. The van der Waals surface area contributed by atoms with E-state index in [0.717, 1.165) is 17.5 Å². The maximum atomic E-state index is 13.3. The molecule has 3 aromatic rings. The van der Waals surface area contributed by atoms with E-state index in [1.165, 1.54) is 55.6 Å². The summed E-state index contributed by atoms with van der Waals surface area (Å²) >= 11 is 0. The SMILES string of the molecule is Cc1cc(C)cc(-c2c(C)c(C)c(-c3cc(C)cc(C)c3)c3c2CC(C)C3=O)c1. The number of Topliss-reactive ketones (excluding diaryl/α,β-unsaturated/α-hetero) is 1. The van der Waals surface area contributed by atoms with Crippen molar-refractivity contribution >= 4 is 5.78 Å². The second-order valence-corrected chi connectivity index (χ2v) is 9.08. The molecule has 4 rings (SSSR count). The van der Waals surface area contributed by atoms with E-state index in [1.54, 1.807) is 0 Å². The van der Waals surface area contributed by atoms with Gasteiger partial charge in [-0.25, -0.2) is 0 Å². The van der Waals surface area contributed by atoms with Crippen molar-refractivity contribution in [2.24, 2.45) is 5.92 Å². The molecule has 1 aliphatic rings. The summed E-state index contributed by atoms with van der Waals surface area (Å²) in [5, 5.41) is 0. The fourth-order valence-electron chi connectivity index (χ4n) is 5.18. The van der Waals surface area contributed by atoms with Crippen molar-refractivity contribution in [3.63, 3.8) is 0 Å². The molecule has 1 aliphatic carbocycles. The number of hydrogen-bond acceptors (Lipinski definition) is 1. The molecule has 1 atom stereocenters. The van der Waals surface area contributed by atoms with Gasteiger partial charge >= 0.3 is 0 Å². The average Bonchev–Trinajstić information content (AvgIpc) is 2.89. The van der Waals surface area contributed by atoms with Crippen molar-refractivity contribution in [1.29, 1.82) is 0 Å². The Morgan fingerprint density at radius 1 is 0.621 bits per heavy atom. The van der Waals surface area contributed by atoms with E-state index < -0.39 is 0 Å². The Bertz CT molecular complexity index is 1120. The highest BCUT2D eigenvalue weighted by atomic mass is 16.1. The molecular formula is C28H30O. The molecule has 1 unspecified atom stereocenters. The van der Waals surface area contributed by atoms with Crippen molar-refractivity contribution in [3.05, 3.63) is 80.9 Å². The van der Waals surface area contributed by atoms with Crippen LogP contribution in [0.15, 0.2) is 36.4 Å². The van der Waals surface area contributed by atoms with Gasteiger partial charge in [0.15, 0.2) is 5.78 Å². The highest BCUT2D eigenvalue weighted by Gasteiger charge is 2.34. The summed E-state index contributed by atoms with van der Waals surface area (Å²) in [6.45, 7) is 15.0. The lowest BCUT2D eigenvalue weighted by atomic mass is 9.82. The van der Waals surface area contributed by atoms with Crippen LogP contribution < -0.4 is 0 Å². The largest absolute Gasteiger partial charge is 0.294 e. The number of rotatable bonds is 2. The molecule has 1 heteroatoms. The molecule has 0 amide bonds. The van der Waals surface area contributed by atoms with E-state index in [9.17, 15) is 4.79 Å². The van der Waals surface area contributed by atoms with Crippen molar-refractivity contribution in [2.45, 2.75) is 54.9 Å². The van der Waals surface area contributed by atoms with Crippen LogP contribution in [0.5, 0.6) is 0 Å². The molecule has 0 spiro atoms. The lowest BCUT2D eigenvalue weighted by molar-refractivity contribution is 0.0947. The van der Waals surface area contributed by atoms with Gasteiger partial charge in [0.25, 0.3) is 0 Å². The Hall–Kier alpha value is -2.67. The van der Waals surface area contributed by atoms with Gasteiger partial charge in [-0.1, -0.05) is 65.6 Å². The van der Waals surface area contributed by atoms with Crippen LogP contribution in [0.2, 0.25) is 0 Å². The second-order valence-electron chi connectivity index (χ2n) is 9.08. The van der Waals surface area contributed by atoms with E-state index in [2.05, 4.69) is 84.9 Å². The topological polar surface area (TPSA) is 17.1 Å². The van der Waals surface area contributed by atoms with E-state index in [1.807, 2.05) is 0 Å². The summed E-state index contributed by atoms with van der Waals surface area (Å²) in [7, 11) is 0. The molecule has 29 heavy (non-hydrogen) atoms. The summed E-state index contributed by atoms with van der Waals surface area (Å²) in [5.41, 5.74) is 14.6. The molecular weight excluding hydrogens is 352 g/mol. The number of benzene rings is 3. The molecule has 0 N–H and O–H groups in total. The molecule has 0 radical (unpaired) electrons. The quantitative estimate of drug-likeness (QED) is 0.456. The maximum absolute atomic E-state index is 13.3. The Morgan fingerprint density at radius 2 is 1.03 bits per heavy atom. The third-order valence-electron chi connectivity index (χ3n) is 6.39. The van der Waals surface area contributed by atoms with E-state index >= 15 is 0 Å². The molecule has 1 nitrogen and oxygen atoms in total. The van der Waals surface area contributed by atoms with Gasteiger partial charge in [-0.15, -0.1) is 0 Å². The normalized spacial score (nSPS) is 15.7. The fourth-order valence-corrected chi connectivity index (χ4v) is 5.18. The molecule has 148 valence electrons. The van der Waals surface area contributed by atoms with Crippen molar-refractivity contribution < 1.29 is 4.79 Å². The van der Waals surface area contributed by atoms with Crippen molar-refractivity contribution in [1.82, 2.24) is 0 Å². The van der Waals surface area contributed by atoms with Crippen LogP contribution >= 0.6 is 0 Å². The van der Waals surface area contributed by atoms with Crippen molar-refractivity contribution in [2.75, 3.05) is 0 Å². The molecule has 0 saturated carbocycles. The molecule has 0 bridgehead atoms. The first-order chi connectivity index (χ1) is 13.7. The first kappa shape index (κ1) is 19.6. The third kappa shape index (κ3) is 3.23. The predicted molar refractivity (Wildman–Crippen MR) is 123 cm³/mol. The Morgan fingerprint density at radius 3 is 1.52 bits per heavy atom. The van der Waals surface area contributed by atoms with E-state index in [0.29, 0.717) is 5.78 Å². The Labute approximate surface area is 174 Å². The summed E-state index contributed by atoms with van der Waals surface area (Å²) < 4.78 is 0. The fraction of sp³-hybridized carbons (Fsp3) is 0.321. The standard InChI is InChI=1S/C28H30O/c1-15-8-16(2)11-22(10-15)25-20(6)21(7)26(23-12-17(3)9-18(4)13-23)27-24(25)14-19(5)28(27)29/h8-13,19H,14H2,1-7H3. The maximum Gasteiger partial charge on any atom is 0.166 e. The van der Waals surface area contributed by atoms with Gasteiger partial charge in [0, 0.05) is 11.5 Å². The van der Waals surface area contributed by atoms with Crippen molar-refractivity contribution in [3.8, 4) is 22.3 Å². The number of carbonyl (C=O) groups is 1. The van der Waals surface area contributed by atoms with Gasteiger partial charge in [0.05, 0.1) is 0 Å². The van der Waals surface area contributed by atoms with Gasteiger partial charge in [0.2, 0.25) is 0 Å². The van der Waals surface area contributed by atoms with E-state index in [-0.39, 0.29) is 5.92 Å². The lowest BCUT2D eigenvalue weighted by Crippen LogP contribution is -2.06. The highest BCUT2D eigenvalue weighted by Crippen LogP contribution is 2.45. The van der Waals surface area contributed by atoms with Crippen LogP contribution in [-0.2, 0) is 6.42 Å². The summed E-state index contributed by atoms with van der Waals surface area (Å²) in [6, 6.07) is 13.4. The van der Waals surface area contributed by atoms with Crippen LogP contribution in [0.1, 0.15) is 56.2 Å². The van der Waals surface area contributed by atoms with E-state index in [4.69, 9.17) is 0 Å². The van der Waals surface area contributed by atoms with Crippen LogP contribution in [0.25, 0.3) is 22.3 Å². The molecule has 0 fully saturated rings. The molecule has 0 aliphatic heterocycles. The first-order valence-electron chi connectivity index (χ1n) is 10.5. The number of aryl methyl sites for hydroxylation is 4.